The summed E-state index contributed by atoms with van der Waals surface area (Å²) in [4.78, 5) is 16.5. The van der Waals surface area contributed by atoms with E-state index in [-0.39, 0.29) is 5.91 Å². The fourth-order valence-corrected chi connectivity index (χ4v) is 3.14. The van der Waals surface area contributed by atoms with Crippen molar-refractivity contribution in [2.24, 2.45) is 5.73 Å². The normalized spacial score (nSPS) is 13.3. The van der Waals surface area contributed by atoms with Gasteiger partial charge in [-0.25, -0.2) is 4.98 Å². The molecular formula is C19H19ClN4O. The van der Waals surface area contributed by atoms with E-state index in [0.29, 0.717) is 24.4 Å². The van der Waals surface area contributed by atoms with Crippen LogP contribution in [0.5, 0.6) is 0 Å². The monoisotopic (exact) mass is 354 g/mol. The molecule has 1 amide bonds. The first-order valence-electron chi connectivity index (χ1n) is 8.02. The summed E-state index contributed by atoms with van der Waals surface area (Å²) in [7, 11) is 0. The number of primary amides is 1. The maximum atomic E-state index is 12.6. The fraction of sp³-hybridized carbons (Fsp3) is 0.211. The van der Waals surface area contributed by atoms with Crippen molar-refractivity contribution in [1.82, 2.24) is 14.8 Å². The largest absolute Gasteiger partial charge is 0.369 e. The van der Waals surface area contributed by atoms with Gasteiger partial charge in [-0.3, -0.25) is 9.48 Å². The molecule has 0 saturated heterocycles. The lowest BCUT2D eigenvalue weighted by molar-refractivity contribution is -0.124. The molecule has 3 aromatic rings. The minimum absolute atomic E-state index is 0.347. The number of nitrogens with two attached hydrogens (primary N) is 1. The molecule has 1 heterocycles. The highest BCUT2D eigenvalue weighted by Crippen LogP contribution is 2.31. The van der Waals surface area contributed by atoms with Crippen LogP contribution in [-0.2, 0) is 23.2 Å². The van der Waals surface area contributed by atoms with Crippen LogP contribution in [0.4, 0.5) is 0 Å². The number of halogens is 1. The van der Waals surface area contributed by atoms with Gasteiger partial charge in [-0.15, -0.1) is 0 Å². The molecule has 1 atom stereocenters. The number of hydrogen-bond acceptors (Lipinski definition) is 3. The van der Waals surface area contributed by atoms with Gasteiger partial charge in [0.25, 0.3) is 0 Å². The molecule has 0 fully saturated rings. The van der Waals surface area contributed by atoms with Crippen molar-refractivity contribution in [1.29, 1.82) is 0 Å². The second-order valence-corrected chi connectivity index (χ2v) is 6.47. The third-order valence-electron chi connectivity index (χ3n) is 4.45. The van der Waals surface area contributed by atoms with Crippen LogP contribution in [0.3, 0.4) is 0 Å². The van der Waals surface area contributed by atoms with Crippen molar-refractivity contribution < 1.29 is 4.79 Å². The van der Waals surface area contributed by atoms with Gasteiger partial charge in [-0.2, -0.15) is 5.10 Å². The van der Waals surface area contributed by atoms with E-state index in [9.17, 15) is 4.79 Å². The second kappa shape index (κ2) is 7.49. The molecular weight excluding hydrogens is 336 g/mol. The quantitative estimate of drug-likeness (QED) is 0.708. The molecule has 5 nitrogen and oxygen atoms in total. The molecule has 0 radical (unpaired) electrons. The van der Waals surface area contributed by atoms with Crippen molar-refractivity contribution in [3.63, 3.8) is 0 Å². The molecule has 1 unspecified atom stereocenters. The zero-order valence-corrected chi connectivity index (χ0v) is 14.4. The van der Waals surface area contributed by atoms with E-state index in [0.717, 1.165) is 11.1 Å². The Kier molecular flexibility index (Phi) is 5.14. The molecule has 0 spiro atoms. The summed E-state index contributed by atoms with van der Waals surface area (Å²) < 4.78 is 1.65. The van der Waals surface area contributed by atoms with E-state index in [4.69, 9.17) is 17.3 Å². The number of aryl methyl sites for hydroxylation is 1. The van der Waals surface area contributed by atoms with Crippen molar-refractivity contribution in [2.75, 3.05) is 0 Å². The Labute approximate surface area is 151 Å². The van der Waals surface area contributed by atoms with E-state index in [1.165, 1.54) is 6.33 Å². The molecule has 0 aliphatic rings. The predicted molar refractivity (Wildman–Crippen MR) is 97.1 cm³/mol. The minimum atomic E-state index is -0.866. The Morgan fingerprint density at radius 2 is 1.84 bits per heavy atom. The molecule has 2 N–H and O–H groups in total. The van der Waals surface area contributed by atoms with E-state index >= 15 is 0 Å². The third-order valence-corrected chi connectivity index (χ3v) is 4.70. The highest BCUT2D eigenvalue weighted by atomic mass is 35.5. The first kappa shape index (κ1) is 17.2. The molecule has 128 valence electrons. The van der Waals surface area contributed by atoms with E-state index in [1.54, 1.807) is 11.0 Å². The number of nitrogens with zero attached hydrogens (tertiary/aromatic N) is 3. The number of hydrogen-bond donors (Lipinski definition) is 1. The van der Waals surface area contributed by atoms with Gasteiger partial charge in [0.05, 0.1) is 12.0 Å². The van der Waals surface area contributed by atoms with Crippen LogP contribution in [-0.4, -0.2) is 20.7 Å². The van der Waals surface area contributed by atoms with Crippen molar-refractivity contribution in [2.45, 2.75) is 24.8 Å². The maximum Gasteiger partial charge on any atom is 0.229 e. The number of amides is 1. The van der Waals surface area contributed by atoms with Crippen LogP contribution in [0, 0.1) is 0 Å². The lowest BCUT2D eigenvalue weighted by Gasteiger charge is -2.31. The number of benzene rings is 2. The fourth-order valence-electron chi connectivity index (χ4n) is 3.01. The second-order valence-electron chi connectivity index (χ2n) is 6.03. The van der Waals surface area contributed by atoms with Crippen LogP contribution in [0.25, 0.3) is 0 Å². The molecule has 3 rings (SSSR count). The first-order chi connectivity index (χ1) is 12.1. The van der Waals surface area contributed by atoms with Crippen molar-refractivity contribution in [3.05, 3.63) is 83.4 Å². The number of carbonyl (C=O) groups is 1. The molecule has 0 aliphatic carbocycles. The minimum Gasteiger partial charge on any atom is -0.369 e. The highest BCUT2D eigenvalue weighted by molar-refractivity contribution is 6.30. The molecule has 25 heavy (non-hydrogen) atoms. The van der Waals surface area contributed by atoms with Gasteiger partial charge >= 0.3 is 0 Å². The van der Waals surface area contributed by atoms with E-state index in [1.807, 2.05) is 54.6 Å². The Hall–Kier alpha value is -2.66. The SMILES string of the molecule is NC(=O)C(CCc1ccc(Cl)cc1)(Cn1cncn1)c1ccccc1. The molecule has 1 aromatic heterocycles. The Balaban J connectivity index is 1.94. The number of carbonyl (C=O) groups excluding carboxylic acids is 1. The smallest absolute Gasteiger partial charge is 0.229 e. The summed E-state index contributed by atoms with van der Waals surface area (Å²) in [5, 5.41) is 4.85. The summed E-state index contributed by atoms with van der Waals surface area (Å²) in [5.74, 6) is -0.372. The van der Waals surface area contributed by atoms with Crippen LogP contribution < -0.4 is 5.73 Å². The third kappa shape index (κ3) is 3.88. The van der Waals surface area contributed by atoms with Crippen LogP contribution in [0.1, 0.15) is 17.5 Å². The van der Waals surface area contributed by atoms with E-state index in [2.05, 4.69) is 10.1 Å². The first-order valence-corrected chi connectivity index (χ1v) is 8.40. The summed E-state index contributed by atoms with van der Waals surface area (Å²) in [5.41, 5.74) is 7.00. The molecule has 0 saturated carbocycles. The van der Waals surface area contributed by atoms with Gasteiger partial charge in [0.15, 0.2) is 0 Å². The Morgan fingerprint density at radius 1 is 1.12 bits per heavy atom. The zero-order chi connectivity index (χ0) is 17.7. The van der Waals surface area contributed by atoms with Crippen molar-refractivity contribution in [3.8, 4) is 0 Å². The maximum absolute atomic E-state index is 12.6. The highest BCUT2D eigenvalue weighted by Gasteiger charge is 2.39. The average Bonchev–Trinajstić information content (AvgIpc) is 3.13. The van der Waals surface area contributed by atoms with Gasteiger partial charge < -0.3 is 5.73 Å². The van der Waals surface area contributed by atoms with Crippen molar-refractivity contribution >= 4 is 17.5 Å². The topological polar surface area (TPSA) is 73.8 Å². The standard InChI is InChI=1S/C19H19ClN4O/c20-17-8-6-15(7-9-17)10-11-19(18(21)25,12-24-14-22-13-23-24)16-4-2-1-3-5-16/h1-9,13-14H,10-12H2,(H2,21,25). The average molecular weight is 355 g/mol. The van der Waals surface area contributed by atoms with Gasteiger partial charge in [0, 0.05) is 5.02 Å². The van der Waals surface area contributed by atoms with Gasteiger partial charge in [-0.05, 0) is 36.1 Å². The summed E-state index contributed by atoms with van der Waals surface area (Å²) in [6, 6.07) is 17.2. The molecule has 0 bridgehead atoms. The summed E-state index contributed by atoms with van der Waals surface area (Å²) in [6.07, 6.45) is 4.32. The lowest BCUT2D eigenvalue weighted by Crippen LogP contribution is -2.45. The van der Waals surface area contributed by atoms with Crippen LogP contribution in [0.15, 0.2) is 67.3 Å². The van der Waals surface area contributed by atoms with Gasteiger partial charge in [-0.1, -0.05) is 54.1 Å². The van der Waals surface area contributed by atoms with E-state index < -0.39 is 5.41 Å². The molecule has 0 aliphatic heterocycles. The summed E-state index contributed by atoms with van der Waals surface area (Å²) >= 11 is 5.95. The Bertz CT molecular complexity index is 818. The summed E-state index contributed by atoms with van der Waals surface area (Å²) in [6.45, 7) is 0.347. The lowest BCUT2D eigenvalue weighted by atomic mass is 9.75. The molecule has 6 heteroatoms. The molecule has 2 aromatic carbocycles. The van der Waals surface area contributed by atoms with Crippen LogP contribution >= 0.6 is 11.6 Å². The number of aromatic nitrogens is 3. The number of rotatable bonds is 7. The van der Waals surface area contributed by atoms with Gasteiger partial charge in [0.2, 0.25) is 5.91 Å². The Morgan fingerprint density at radius 3 is 2.44 bits per heavy atom. The predicted octanol–water partition coefficient (Wildman–Crippen LogP) is 2.99. The van der Waals surface area contributed by atoms with Gasteiger partial charge in [0.1, 0.15) is 12.7 Å². The zero-order valence-electron chi connectivity index (χ0n) is 13.7. The van der Waals surface area contributed by atoms with Crippen LogP contribution in [0.2, 0.25) is 5.02 Å².